The lowest BCUT2D eigenvalue weighted by molar-refractivity contribution is -0.114. The van der Waals surface area contributed by atoms with E-state index in [1.165, 1.54) is 55.5 Å². The quantitative estimate of drug-likeness (QED) is 0.261. The van der Waals surface area contributed by atoms with Crippen LogP contribution in [0.15, 0.2) is 51.2 Å². The van der Waals surface area contributed by atoms with E-state index >= 15 is 0 Å². The Morgan fingerprint density at radius 3 is 2.21 bits per heavy atom. The second-order valence-electron chi connectivity index (χ2n) is 5.59. The topological polar surface area (TPSA) is 150 Å². The minimum absolute atomic E-state index is 0.0297. The van der Waals surface area contributed by atoms with E-state index in [9.17, 15) is 30.7 Å². The van der Waals surface area contributed by atoms with Gasteiger partial charge in [-0.1, -0.05) is 36.4 Å². The summed E-state index contributed by atoms with van der Waals surface area (Å²) in [5.74, 6) is -0.516. The van der Waals surface area contributed by atoms with Gasteiger partial charge in [0.15, 0.2) is 0 Å². The number of rotatable bonds is 6. The number of carbonyl (C=O) groups excluding carboxylic acids is 1. The second kappa shape index (κ2) is 8.74. The summed E-state index contributed by atoms with van der Waals surface area (Å²) in [5, 5.41) is 4.35. The highest BCUT2D eigenvalue weighted by Gasteiger charge is 2.23. The van der Waals surface area contributed by atoms with E-state index < -0.39 is 35.9 Å². The van der Waals surface area contributed by atoms with Crippen LogP contribution < -0.4 is 5.32 Å². The molecule has 3 N–H and O–H groups in total. The molecule has 12 heteroatoms. The molecule has 0 unspecified atom stereocenters. The fourth-order valence-electron chi connectivity index (χ4n) is 2.47. The molecule has 0 bridgehead atoms. The molecule has 0 aliphatic rings. The standard InChI is InChI=1S/C17H14N2O7S3/c1-11(20)19-14-9-8-13(17(29(24,25)26)16(14)18-10-27)7-6-12-4-2-3-5-15(12)28(21,22)23/h2-9H,1H3,(H,19,20)(H,21,22,23)(H,24,25,26)/b7-6+. The summed E-state index contributed by atoms with van der Waals surface area (Å²) in [6, 6.07) is 8.06. The van der Waals surface area contributed by atoms with Gasteiger partial charge >= 0.3 is 0 Å². The molecular weight excluding hydrogens is 440 g/mol. The Labute approximate surface area is 172 Å². The number of aliphatic imine (C=N–C) groups is 1. The number of isothiocyanates is 1. The fourth-order valence-corrected chi connectivity index (χ4v) is 4.08. The Morgan fingerprint density at radius 1 is 1.03 bits per heavy atom. The van der Waals surface area contributed by atoms with Crippen LogP contribution in [0.1, 0.15) is 18.1 Å². The Balaban J connectivity index is 2.75. The molecule has 2 aromatic rings. The maximum absolute atomic E-state index is 12.0. The van der Waals surface area contributed by atoms with Crippen molar-refractivity contribution in [3.05, 3.63) is 47.5 Å². The van der Waals surface area contributed by atoms with Crippen LogP contribution in [0, 0.1) is 0 Å². The number of nitrogens with zero attached hydrogens (tertiary/aromatic N) is 1. The molecule has 2 rings (SSSR count). The van der Waals surface area contributed by atoms with E-state index in [1.54, 1.807) is 0 Å². The van der Waals surface area contributed by atoms with Gasteiger partial charge in [-0.2, -0.15) is 21.8 Å². The lowest BCUT2D eigenvalue weighted by Crippen LogP contribution is -2.09. The van der Waals surface area contributed by atoms with Gasteiger partial charge in [0.1, 0.15) is 15.5 Å². The summed E-state index contributed by atoms with van der Waals surface area (Å²) in [6.45, 7) is 1.19. The monoisotopic (exact) mass is 454 g/mol. The minimum Gasteiger partial charge on any atom is -0.324 e. The molecule has 0 fully saturated rings. The van der Waals surface area contributed by atoms with Crippen LogP contribution in [0.3, 0.4) is 0 Å². The molecule has 2 aromatic carbocycles. The van der Waals surface area contributed by atoms with E-state index in [0.717, 1.165) is 0 Å². The maximum atomic E-state index is 12.0. The number of benzene rings is 2. The molecule has 0 aliphatic carbocycles. The van der Waals surface area contributed by atoms with Gasteiger partial charge in [0.05, 0.1) is 10.8 Å². The van der Waals surface area contributed by atoms with Crippen LogP contribution in [-0.2, 0) is 25.0 Å². The highest BCUT2D eigenvalue weighted by Crippen LogP contribution is 2.36. The van der Waals surface area contributed by atoms with E-state index in [0.29, 0.717) is 0 Å². The zero-order chi connectivity index (χ0) is 21.8. The van der Waals surface area contributed by atoms with Crippen LogP contribution in [-0.4, -0.2) is 37.0 Å². The van der Waals surface area contributed by atoms with Gasteiger partial charge in [0.2, 0.25) is 5.91 Å². The van der Waals surface area contributed by atoms with Gasteiger partial charge in [0, 0.05) is 6.92 Å². The van der Waals surface area contributed by atoms with E-state index in [-0.39, 0.29) is 22.5 Å². The lowest BCUT2D eigenvalue weighted by Gasteiger charge is -2.12. The van der Waals surface area contributed by atoms with Crippen molar-refractivity contribution in [3.8, 4) is 0 Å². The van der Waals surface area contributed by atoms with Gasteiger partial charge < -0.3 is 5.32 Å². The number of anilines is 1. The maximum Gasteiger partial charge on any atom is 0.297 e. The molecule has 0 radical (unpaired) electrons. The predicted octanol–water partition coefficient (Wildman–Crippen LogP) is 3.04. The minimum atomic E-state index is -4.84. The molecule has 9 nitrogen and oxygen atoms in total. The smallest absolute Gasteiger partial charge is 0.297 e. The molecule has 1 amide bonds. The Bertz CT molecular complexity index is 1260. The normalized spacial score (nSPS) is 11.8. The summed E-state index contributed by atoms with van der Waals surface area (Å²) < 4.78 is 65.9. The van der Waals surface area contributed by atoms with Gasteiger partial charge in [-0.05, 0) is 35.5 Å². The third-order valence-electron chi connectivity index (χ3n) is 3.53. The van der Waals surface area contributed by atoms with Crippen molar-refractivity contribution in [1.82, 2.24) is 0 Å². The predicted molar refractivity (Wildman–Crippen MR) is 110 cm³/mol. The molecule has 152 valence electrons. The van der Waals surface area contributed by atoms with Crippen LogP contribution >= 0.6 is 12.2 Å². The van der Waals surface area contributed by atoms with E-state index in [2.05, 4.69) is 22.5 Å². The Kier molecular flexibility index (Phi) is 6.80. The molecule has 0 aliphatic heterocycles. The molecule has 0 saturated heterocycles. The van der Waals surface area contributed by atoms with Crippen LogP contribution in [0.2, 0.25) is 0 Å². The summed E-state index contributed by atoms with van der Waals surface area (Å²) in [6.07, 6.45) is 2.43. The SMILES string of the molecule is CC(=O)Nc1ccc(/C=C/c2ccccc2S(=O)(=O)O)c(S(=O)(=O)O)c1N=C=S. The van der Waals surface area contributed by atoms with Crippen LogP contribution in [0.25, 0.3) is 12.2 Å². The number of thiocarbonyl (C=S) groups is 1. The average Bonchev–Trinajstić information content (AvgIpc) is 2.60. The Hall–Kier alpha value is -2.73. The first-order chi connectivity index (χ1) is 13.4. The molecule has 0 saturated carbocycles. The zero-order valence-corrected chi connectivity index (χ0v) is 17.2. The summed E-state index contributed by atoms with van der Waals surface area (Å²) >= 11 is 4.51. The third kappa shape index (κ3) is 5.64. The van der Waals surface area contributed by atoms with Crippen molar-refractivity contribution in [3.63, 3.8) is 0 Å². The number of hydrogen-bond donors (Lipinski definition) is 3. The van der Waals surface area contributed by atoms with Crippen molar-refractivity contribution >= 4 is 67.0 Å². The van der Waals surface area contributed by atoms with E-state index in [4.69, 9.17) is 0 Å². The first-order valence-corrected chi connectivity index (χ1v) is 11.0. The van der Waals surface area contributed by atoms with Crippen LogP contribution in [0.4, 0.5) is 11.4 Å². The van der Waals surface area contributed by atoms with Crippen molar-refractivity contribution in [2.75, 3.05) is 5.32 Å². The number of amides is 1. The lowest BCUT2D eigenvalue weighted by atomic mass is 10.1. The summed E-state index contributed by atoms with van der Waals surface area (Å²) in [4.78, 5) is 13.9. The summed E-state index contributed by atoms with van der Waals surface area (Å²) in [5.41, 5.74) is -0.376. The molecular formula is C17H14N2O7S3. The van der Waals surface area contributed by atoms with Gasteiger partial charge in [-0.25, -0.2) is 0 Å². The van der Waals surface area contributed by atoms with Crippen molar-refractivity contribution in [2.24, 2.45) is 4.99 Å². The number of hydrogen-bond acceptors (Lipinski definition) is 7. The largest absolute Gasteiger partial charge is 0.324 e. The van der Waals surface area contributed by atoms with E-state index in [1.807, 2.05) is 5.16 Å². The number of nitrogens with one attached hydrogen (secondary N) is 1. The highest BCUT2D eigenvalue weighted by atomic mass is 32.2. The molecule has 0 atom stereocenters. The van der Waals surface area contributed by atoms with Gasteiger partial charge in [-0.15, -0.1) is 0 Å². The van der Waals surface area contributed by atoms with Crippen LogP contribution in [0.5, 0.6) is 0 Å². The zero-order valence-electron chi connectivity index (χ0n) is 14.7. The number of carbonyl (C=O) groups is 1. The highest BCUT2D eigenvalue weighted by molar-refractivity contribution is 7.86. The first-order valence-electron chi connectivity index (χ1n) is 7.69. The Morgan fingerprint density at radius 2 is 1.66 bits per heavy atom. The first kappa shape index (κ1) is 22.6. The van der Waals surface area contributed by atoms with Gasteiger partial charge in [-0.3, -0.25) is 13.9 Å². The van der Waals surface area contributed by atoms with Crippen molar-refractivity contribution < 1.29 is 30.7 Å². The second-order valence-corrected chi connectivity index (χ2v) is 8.52. The fraction of sp³-hybridized carbons (Fsp3) is 0.0588. The van der Waals surface area contributed by atoms with Crippen molar-refractivity contribution in [1.29, 1.82) is 0 Å². The van der Waals surface area contributed by atoms with Gasteiger partial charge in [0.25, 0.3) is 20.2 Å². The molecule has 29 heavy (non-hydrogen) atoms. The summed E-state index contributed by atoms with van der Waals surface area (Å²) in [7, 11) is -9.36. The molecule has 0 aromatic heterocycles. The molecule has 0 spiro atoms. The van der Waals surface area contributed by atoms with Crippen molar-refractivity contribution in [2.45, 2.75) is 16.7 Å². The molecule has 0 heterocycles. The third-order valence-corrected chi connectivity index (χ3v) is 5.49. The average molecular weight is 455 g/mol.